The molecule has 2 aromatic carbocycles. The number of fused-ring (bicyclic) bond motifs is 1. The zero-order valence-corrected chi connectivity index (χ0v) is 16.9. The van der Waals surface area contributed by atoms with Crippen LogP contribution in [0, 0.1) is 11.7 Å². The normalized spacial score (nSPS) is 16.3. The fourth-order valence-corrected chi connectivity index (χ4v) is 3.93. The Labute approximate surface area is 174 Å². The molecule has 0 spiro atoms. The Hall–Kier alpha value is -3.09. The molecule has 2 aromatic rings. The maximum atomic E-state index is 13.8. The number of methoxy groups -OCH3 is 1. The second kappa shape index (κ2) is 8.73. The number of ether oxygens (including phenoxy) is 3. The number of halogens is 1. The summed E-state index contributed by atoms with van der Waals surface area (Å²) in [6.07, 6.45) is 1.34. The number of hydrogen-bond acceptors (Lipinski definition) is 5. The summed E-state index contributed by atoms with van der Waals surface area (Å²) in [5, 5.41) is 0. The average molecular weight is 413 g/mol. The van der Waals surface area contributed by atoms with Crippen LogP contribution in [0.5, 0.6) is 17.2 Å². The Morgan fingerprint density at radius 2 is 1.80 bits per heavy atom. The lowest BCUT2D eigenvalue weighted by Gasteiger charge is -2.31. The van der Waals surface area contributed by atoms with E-state index in [2.05, 4.69) is 0 Å². The number of likely N-dealkylation sites (tertiary alicyclic amines) is 1. The first kappa shape index (κ1) is 20.2. The van der Waals surface area contributed by atoms with E-state index in [-0.39, 0.29) is 29.8 Å². The summed E-state index contributed by atoms with van der Waals surface area (Å²) in [5.74, 6) is 0.812. The van der Waals surface area contributed by atoms with Crippen molar-refractivity contribution in [2.24, 2.45) is 5.92 Å². The topological polar surface area (TPSA) is 65.1 Å². The smallest absolute Gasteiger partial charge is 0.226 e. The number of benzene rings is 2. The molecular weight excluding hydrogens is 389 g/mol. The largest absolute Gasteiger partial charge is 0.494 e. The first-order valence-electron chi connectivity index (χ1n) is 10.1. The number of hydrogen-bond donors (Lipinski definition) is 0. The second-order valence-electron chi connectivity index (χ2n) is 7.52. The van der Waals surface area contributed by atoms with Crippen molar-refractivity contribution in [3.05, 3.63) is 53.3 Å². The first-order valence-corrected chi connectivity index (χ1v) is 10.1. The van der Waals surface area contributed by atoms with Gasteiger partial charge in [-0.05, 0) is 48.7 Å². The summed E-state index contributed by atoms with van der Waals surface area (Å²) >= 11 is 0. The molecule has 7 heteroatoms. The third kappa shape index (κ3) is 4.25. The van der Waals surface area contributed by atoms with Crippen LogP contribution in [0.1, 0.15) is 28.8 Å². The number of ketones is 1. The number of nitrogens with zero attached hydrogens (tertiary/aromatic N) is 1. The second-order valence-corrected chi connectivity index (χ2v) is 7.52. The van der Waals surface area contributed by atoms with E-state index in [1.807, 2.05) is 0 Å². The van der Waals surface area contributed by atoms with E-state index >= 15 is 0 Å². The van der Waals surface area contributed by atoms with E-state index < -0.39 is 5.82 Å². The molecule has 0 N–H and O–H groups in total. The lowest BCUT2D eigenvalue weighted by molar-refractivity contribution is -0.131. The molecule has 0 unspecified atom stereocenters. The molecule has 1 saturated heterocycles. The number of piperidine rings is 1. The van der Waals surface area contributed by atoms with E-state index in [9.17, 15) is 14.0 Å². The Morgan fingerprint density at radius 3 is 2.50 bits per heavy atom. The van der Waals surface area contributed by atoms with Crippen LogP contribution in [-0.2, 0) is 11.2 Å². The van der Waals surface area contributed by atoms with Gasteiger partial charge in [-0.25, -0.2) is 4.39 Å². The van der Waals surface area contributed by atoms with Crippen LogP contribution in [0.3, 0.4) is 0 Å². The van der Waals surface area contributed by atoms with Crippen LogP contribution in [-0.4, -0.2) is 50.0 Å². The highest BCUT2D eigenvalue weighted by Crippen LogP contribution is 2.32. The summed E-state index contributed by atoms with van der Waals surface area (Å²) in [7, 11) is 1.40. The fraction of sp³-hybridized carbons (Fsp3) is 0.391. The van der Waals surface area contributed by atoms with Crippen molar-refractivity contribution in [3.8, 4) is 17.2 Å². The Bertz CT molecular complexity index is 953. The Balaban J connectivity index is 1.33. The van der Waals surface area contributed by atoms with Crippen LogP contribution in [0.15, 0.2) is 36.4 Å². The zero-order chi connectivity index (χ0) is 21.1. The summed E-state index contributed by atoms with van der Waals surface area (Å²) < 4.78 is 29.8. The lowest BCUT2D eigenvalue weighted by Crippen LogP contribution is -2.41. The van der Waals surface area contributed by atoms with Gasteiger partial charge in [-0.3, -0.25) is 9.59 Å². The van der Waals surface area contributed by atoms with Crippen molar-refractivity contribution in [2.45, 2.75) is 19.3 Å². The molecular formula is C23H24FNO5. The van der Waals surface area contributed by atoms with Gasteiger partial charge in [-0.2, -0.15) is 0 Å². The number of Topliss-reactive ketones (excluding diaryl/α,β-unsaturated/α-hetero) is 1. The van der Waals surface area contributed by atoms with Crippen molar-refractivity contribution in [1.29, 1.82) is 0 Å². The molecule has 0 bridgehead atoms. The molecule has 6 nitrogen and oxygen atoms in total. The van der Waals surface area contributed by atoms with Gasteiger partial charge >= 0.3 is 0 Å². The highest BCUT2D eigenvalue weighted by molar-refractivity contribution is 5.98. The van der Waals surface area contributed by atoms with Gasteiger partial charge in [0.15, 0.2) is 28.8 Å². The van der Waals surface area contributed by atoms with Crippen molar-refractivity contribution >= 4 is 11.7 Å². The molecule has 0 saturated carbocycles. The molecule has 0 atom stereocenters. The van der Waals surface area contributed by atoms with Crippen molar-refractivity contribution in [2.75, 3.05) is 33.4 Å². The van der Waals surface area contributed by atoms with Gasteiger partial charge in [0.1, 0.15) is 13.2 Å². The number of carbonyl (C=O) groups excluding carboxylic acids is 2. The highest BCUT2D eigenvalue weighted by atomic mass is 19.1. The standard InChI is InChI=1S/C23H24FNO5/c1-28-19-4-2-15(12-18(19)24)13-22(26)25-8-6-16(7-9-25)23(27)17-3-5-20-21(14-17)30-11-10-29-20/h2-5,12,14,16H,6-11,13H2,1H3. The van der Waals surface area contributed by atoms with E-state index in [0.717, 1.165) is 0 Å². The first-order chi connectivity index (χ1) is 14.5. The van der Waals surface area contributed by atoms with Gasteiger partial charge in [0.05, 0.1) is 13.5 Å². The average Bonchev–Trinajstić information content (AvgIpc) is 2.78. The van der Waals surface area contributed by atoms with E-state index in [1.54, 1.807) is 29.2 Å². The monoisotopic (exact) mass is 413 g/mol. The quantitative estimate of drug-likeness (QED) is 0.704. The van der Waals surface area contributed by atoms with Crippen molar-refractivity contribution in [1.82, 2.24) is 4.90 Å². The third-order valence-electron chi connectivity index (χ3n) is 5.62. The summed E-state index contributed by atoms with van der Waals surface area (Å²) in [4.78, 5) is 27.2. The van der Waals surface area contributed by atoms with Crippen LogP contribution >= 0.6 is 0 Å². The van der Waals surface area contributed by atoms with E-state index in [1.165, 1.54) is 19.2 Å². The molecule has 2 heterocycles. The third-order valence-corrected chi connectivity index (χ3v) is 5.62. The maximum Gasteiger partial charge on any atom is 0.226 e. The predicted octanol–water partition coefficient (Wildman–Crippen LogP) is 3.27. The summed E-state index contributed by atoms with van der Waals surface area (Å²) in [6, 6.07) is 9.83. The predicted molar refractivity (Wildman–Crippen MR) is 108 cm³/mol. The maximum absolute atomic E-state index is 13.8. The molecule has 0 radical (unpaired) electrons. The number of carbonyl (C=O) groups is 2. The summed E-state index contributed by atoms with van der Waals surface area (Å²) in [6.45, 7) is 2.01. The molecule has 2 aliphatic heterocycles. The number of rotatable bonds is 5. The van der Waals surface area contributed by atoms with Crippen LogP contribution in [0.2, 0.25) is 0 Å². The molecule has 30 heavy (non-hydrogen) atoms. The minimum atomic E-state index is -0.480. The molecule has 0 aromatic heterocycles. The van der Waals surface area contributed by atoms with Crippen molar-refractivity contribution in [3.63, 3.8) is 0 Å². The fourth-order valence-electron chi connectivity index (χ4n) is 3.93. The van der Waals surface area contributed by atoms with Crippen LogP contribution in [0.4, 0.5) is 4.39 Å². The Kier molecular flexibility index (Phi) is 5.88. The molecule has 1 amide bonds. The summed E-state index contributed by atoms with van der Waals surface area (Å²) in [5.41, 5.74) is 1.21. The van der Waals surface area contributed by atoms with Gasteiger partial charge in [0.2, 0.25) is 5.91 Å². The van der Waals surface area contributed by atoms with Crippen molar-refractivity contribution < 1.29 is 28.2 Å². The van der Waals surface area contributed by atoms with Gasteiger partial charge < -0.3 is 19.1 Å². The Morgan fingerprint density at radius 1 is 1.07 bits per heavy atom. The van der Waals surface area contributed by atoms with E-state index in [0.29, 0.717) is 61.8 Å². The minimum Gasteiger partial charge on any atom is -0.494 e. The zero-order valence-electron chi connectivity index (χ0n) is 16.9. The lowest BCUT2D eigenvalue weighted by atomic mass is 9.88. The molecule has 1 fully saturated rings. The van der Waals surface area contributed by atoms with Gasteiger partial charge in [-0.1, -0.05) is 6.07 Å². The van der Waals surface area contributed by atoms with E-state index in [4.69, 9.17) is 14.2 Å². The molecule has 2 aliphatic rings. The van der Waals surface area contributed by atoms with Gasteiger partial charge in [0.25, 0.3) is 0 Å². The molecule has 158 valence electrons. The van der Waals surface area contributed by atoms with Gasteiger partial charge in [0, 0.05) is 24.6 Å². The number of amides is 1. The van der Waals surface area contributed by atoms with Crippen LogP contribution in [0.25, 0.3) is 0 Å². The van der Waals surface area contributed by atoms with Gasteiger partial charge in [-0.15, -0.1) is 0 Å². The van der Waals surface area contributed by atoms with Crippen LogP contribution < -0.4 is 14.2 Å². The highest BCUT2D eigenvalue weighted by Gasteiger charge is 2.29. The SMILES string of the molecule is COc1ccc(CC(=O)N2CCC(C(=O)c3ccc4c(c3)OCCO4)CC2)cc1F. The molecule has 0 aliphatic carbocycles. The minimum absolute atomic E-state index is 0.0650. The molecule has 4 rings (SSSR count).